The fourth-order valence-corrected chi connectivity index (χ4v) is 0.974. The van der Waals surface area contributed by atoms with Crippen LogP contribution in [-0.2, 0) is 0 Å². The maximum atomic E-state index is 4.00. The van der Waals surface area contributed by atoms with Crippen LogP contribution < -0.4 is 0 Å². The molecule has 1 heteroatoms. The largest absolute Gasteiger partial charge is 0.179 e. The first-order valence-electron chi connectivity index (χ1n) is 4.94. The minimum absolute atomic E-state index is 1.04. The number of rotatable bonds is 5. The lowest BCUT2D eigenvalue weighted by atomic mass is 10.2. The van der Waals surface area contributed by atoms with E-state index in [1.165, 1.54) is 38.5 Å². The molecule has 0 rings (SSSR count). The van der Waals surface area contributed by atoms with Crippen molar-refractivity contribution in [2.45, 2.75) is 59.3 Å². The molecular weight excluding hydrogens is 152 g/mol. The number of hydrogen-bond acceptors (Lipinski definition) is 1. The molecule has 0 unspecified atom stereocenters. The van der Waals surface area contributed by atoms with Gasteiger partial charge in [0.1, 0.15) is 0 Å². The smallest absolute Gasteiger partial charge is 0.00980 e. The quantitative estimate of drug-likeness (QED) is 0.468. The van der Waals surface area contributed by atoms with Crippen LogP contribution in [0.2, 0.25) is 0 Å². The molecule has 0 aromatic heterocycles. The second kappa shape index (κ2) is 16.7. The summed E-state index contributed by atoms with van der Waals surface area (Å²) in [7, 11) is 0. The van der Waals surface area contributed by atoms with Crippen LogP contribution in [0.25, 0.3) is 0 Å². The van der Waals surface area contributed by atoms with Crippen LogP contribution in [0.3, 0.4) is 0 Å². The number of thiol groups is 1. The Kier molecular flexibility index (Phi) is 21.2. The molecule has 0 aliphatic heterocycles. The van der Waals surface area contributed by atoms with E-state index in [1.54, 1.807) is 0 Å². The van der Waals surface area contributed by atoms with Gasteiger partial charge in [0.2, 0.25) is 0 Å². The molecule has 0 aliphatic rings. The molecule has 0 heterocycles. The second-order valence-electron chi connectivity index (χ2n) is 2.78. The molecular formula is C10H24S. The van der Waals surface area contributed by atoms with Gasteiger partial charge in [-0.3, -0.25) is 0 Å². The SMILES string of the molecule is CCCCCC.CCCCS. The van der Waals surface area contributed by atoms with Gasteiger partial charge in [0.25, 0.3) is 0 Å². The van der Waals surface area contributed by atoms with E-state index in [-0.39, 0.29) is 0 Å². The maximum Gasteiger partial charge on any atom is -0.00980 e. The molecule has 0 spiro atoms. The van der Waals surface area contributed by atoms with Crippen LogP contribution in [0.1, 0.15) is 59.3 Å². The van der Waals surface area contributed by atoms with E-state index in [1.807, 2.05) is 0 Å². The summed E-state index contributed by atoms with van der Waals surface area (Å²) in [5.41, 5.74) is 0. The van der Waals surface area contributed by atoms with E-state index in [0.717, 1.165) is 5.75 Å². The third kappa shape index (κ3) is 25.2. The van der Waals surface area contributed by atoms with Gasteiger partial charge >= 0.3 is 0 Å². The molecule has 0 bridgehead atoms. The molecule has 0 atom stereocenters. The average molecular weight is 176 g/mol. The molecule has 0 amide bonds. The van der Waals surface area contributed by atoms with Gasteiger partial charge in [-0.25, -0.2) is 0 Å². The van der Waals surface area contributed by atoms with Crippen molar-refractivity contribution in [3.63, 3.8) is 0 Å². The Morgan fingerprint density at radius 2 is 1.09 bits per heavy atom. The summed E-state index contributed by atoms with van der Waals surface area (Å²) in [4.78, 5) is 0. The topological polar surface area (TPSA) is 0 Å². The zero-order chi connectivity index (χ0) is 8.95. The lowest BCUT2D eigenvalue weighted by Gasteiger charge is -1.86. The molecule has 0 saturated carbocycles. The van der Waals surface area contributed by atoms with Gasteiger partial charge in [-0.2, -0.15) is 12.6 Å². The minimum atomic E-state index is 1.04. The molecule has 11 heavy (non-hydrogen) atoms. The second-order valence-corrected chi connectivity index (χ2v) is 3.23. The third-order valence-electron chi connectivity index (χ3n) is 1.47. The predicted molar refractivity (Wildman–Crippen MR) is 58.6 cm³/mol. The minimum Gasteiger partial charge on any atom is -0.179 e. The Morgan fingerprint density at radius 3 is 1.18 bits per heavy atom. The first-order valence-corrected chi connectivity index (χ1v) is 5.57. The van der Waals surface area contributed by atoms with Crippen LogP contribution in [0.5, 0.6) is 0 Å². The summed E-state index contributed by atoms with van der Waals surface area (Å²) < 4.78 is 0. The Labute approximate surface area is 78.2 Å². The van der Waals surface area contributed by atoms with Crippen LogP contribution >= 0.6 is 12.6 Å². The summed E-state index contributed by atoms with van der Waals surface area (Å²) in [6.07, 6.45) is 8.06. The van der Waals surface area contributed by atoms with Crippen LogP contribution in [0.4, 0.5) is 0 Å². The molecule has 70 valence electrons. The van der Waals surface area contributed by atoms with Gasteiger partial charge in [-0.15, -0.1) is 0 Å². The summed E-state index contributed by atoms with van der Waals surface area (Å²) in [5.74, 6) is 1.04. The number of unbranched alkanes of at least 4 members (excludes halogenated alkanes) is 4. The zero-order valence-electron chi connectivity index (χ0n) is 8.40. The van der Waals surface area contributed by atoms with Crippen molar-refractivity contribution in [3.05, 3.63) is 0 Å². The highest BCUT2D eigenvalue weighted by molar-refractivity contribution is 7.80. The summed E-state index contributed by atoms with van der Waals surface area (Å²) in [6.45, 7) is 6.63. The fourth-order valence-electron chi connectivity index (χ4n) is 0.658. The van der Waals surface area contributed by atoms with Crippen molar-refractivity contribution in [1.29, 1.82) is 0 Å². The lowest BCUT2D eigenvalue weighted by molar-refractivity contribution is 0.702. The zero-order valence-corrected chi connectivity index (χ0v) is 9.29. The van der Waals surface area contributed by atoms with Gasteiger partial charge in [0.05, 0.1) is 0 Å². The molecule has 0 N–H and O–H groups in total. The fraction of sp³-hybridized carbons (Fsp3) is 1.00. The molecule has 0 aromatic carbocycles. The van der Waals surface area contributed by atoms with Crippen molar-refractivity contribution in [2.75, 3.05) is 5.75 Å². The van der Waals surface area contributed by atoms with Crippen molar-refractivity contribution in [1.82, 2.24) is 0 Å². The summed E-state index contributed by atoms with van der Waals surface area (Å²) in [6, 6.07) is 0. The summed E-state index contributed by atoms with van der Waals surface area (Å²) >= 11 is 4.00. The van der Waals surface area contributed by atoms with Crippen molar-refractivity contribution in [2.24, 2.45) is 0 Å². The van der Waals surface area contributed by atoms with E-state index in [4.69, 9.17) is 0 Å². The van der Waals surface area contributed by atoms with E-state index >= 15 is 0 Å². The Bertz CT molecular complexity index is 38.1. The molecule has 0 radical (unpaired) electrons. The van der Waals surface area contributed by atoms with Gasteiger partial charge in [-0.05, 0) is 12.2 Å². The third-order valence-corrected chi connectivity index (χ3v) is 1.79. The average Bonchev–Trinajstić information content (AvgIpc) is 2.04. The molecule has 0 aliphatic carbocycles. The van der Waals surface area contributed by atoms with Crippen molar-refractivity contribution in [3.8, 4) is 0 Å². The molecule has 0 nitrogen and oxygen atoms in total. The Morgan fingerprint density at radius 1 is 0.727 bits per heavy atom. The summed E-state index contributed by atoms with van der Waals surface area (Å²) in [5, 5.41) is 0. The maximum absolute atomic E-state index is 4.00. The first-order chi connectivity index (χ1) is 5.33. The Balaban J connectivity index is 0. The van der Waals surface area contributed by atoms with E-state index < -0.39 is 0 Å². The normalized spacial score (nSPS) is 8.73. The Hall–Kier alpha value is 0.350. The van der Waals surface area contributed by atoms with E-state index in [9.17, 15) is 0 Å². The standard InChI is InChI=1S/C6H14.C4H10S/c1-3-5-6-4-2;1-2-3-4-5/h3-6H2,1-2H3;5H,2-4H2,1H3. The highest BCUT2D eigenvalue weighted by atomic mass is 32.1. The van der Waals surface area contributed by atoms with Crippen LogP contribution in [-0.4, -0.2) is 5.75 Å². The predicted octanol–water partition coefficient (Wildman–Crippen LogP) is 4.30. The van der Waals surface area contributed by atoms with Crippen molar-refractivity contribution < 1.29 is 0 Å². The molecule has 0 aromatic rings. The number of hydrogen-bond donors (Lipinski definition) is 1. The molecule has 0 saturated heterocycles. The van der Waals surface area contributed by atoms with Gasteiger partial charge in [0, 0.05) is 0 Å². The lowest BCUT2D eigenvalue weighted by Crippen LogP contribution is -1.66. The van der Waals surface area contributed by atoms with E-state index in [0.29, 0.717) is 0 Å². The highest BCUT2D eigenvalue weighted by Crippen LogP contribution is 1.95. The van der Waals surface area contributed by atoms with E-state index in [2.05, 4.69) is 33.4 Å². The highest BCUT2D eigenvalue weighted by Gasteiger charge is 1.75. The van der Waals surface area contributed by atoms with Crippen LogP contribution in [0.15, 0.2) is 0 Å². The van der Waals surface area contributed by atoms with Gasteiger partial charge < -0.3 is 0 Å². The van der Waals surface area contributed by atoms with Crippen LogP contribution in [0, 0.1) is 0 Å². The van der Waals surface area contributed by atoms with Gasteiger partial charge in [0.15, 0.2) is 0 Å². The first kappa shape index (κ1) is 13.9. The van der Waals surface area contributed by atoms with Gasteiger partial charge in [-0.1, -0.05) is 52.9 Å². The monoisotopic (exact) mass is 176 g/mol. The van der Waals surface area contributed by atoms with Crippen molar-refractivity contribution >= 4 is 12.6 Å². The molecule has 0 fully saturated rings.